The van der Waals surface area contributed by atoms with Crippen LogP contribution in [0.1, 0.15) is 27.8 Å². The van der Waals surface area contributed by atoms with Crippen LogP contribution in [0, 0.1) is 6.92 Å². The van der Waals surface area contributed by atoms with Crippen molar-refractivity contribution >= 4 is 34.1 Å². The summed E-state index contributed by atoms with van der Waals surface area (Å²) < 4.78 is 0. The van der Waals surface area contributed by atoms with Crippen LogP contribution in [-0.2, 0) is 0 Å². The van der Waals surface area contributed by atoms with Crippen molar-refractivity contribution in [1.82, 2.24) is 9.97 Å². The van der Waals surface area contributed by atoms with Gasteiger partial charge in [0, 0.05) is 21.7 Å². The van der Waals surface area contributed by atoms with E-state index in [-0.39, 0.29) is 5.56 Å². The molecular weight excluding hydrogens is 462 g/mol. The molecule has 0 saturated carbocycles. The van der Waals surface area contributed by atoms with E-state index in [2.05, 4.69) is 9.97 Å². The van der Waals surface area contributed by atoms with E-state index in [1.807, 2.05) is 79.7 Å². The molecule has 3 N–H and O–H groups in total. The Morgan fingerprint density at radius 1 is 0.971 bits per heavy atom. The van der Waals surface area contributed by atoms with Gasteiger partial charge in [0.2, 0.25) is 5.88 Å². The van der Waals surface area contributed by atoms with Crippen molar-refractivity contribution in [2.75, 3.05) is 0 Å². The molecule has 6 nitrogen and oxygen atoms in total. The molecule has 1 aliphatic rings. The summed E-state index contributed by atoms with van der Waals surface area (Å²) >= 11 is 6.30. The zero-order valence-corrected chi connectivity index (χ0v) is 19.4. The molecule has 0 radical (unpaired) electrons. The molecule has 2 heterocycles. The maximum atomic E-state index is 12.7. The smallest absolute Gasteiger partial charge is 0.328 e. The highest BCUT2D eigenvalue weighted by molar-refractivity contribution is 6.37. The number of allylic oxidation sites excluding steroid dienone is 3. The van der Waals surface area contributed by atoms with Gasteiger partial charge in [0.15, 0.2) is 0 Å². The standard InChI is InChI=1S/C28H20ClN3O3/c1-16-7-9-17(10-8-16)20(24-26(33)31-28(35)32-27(24)34)12-13-21-22-15-19(29)11-14-23(22)30-25(21)18-5-3-2-4-6-18/h2-15H,1H3,(H3,31,32,33,34,35). The van der Waals surface area contributed by atoms with Crippen molar-refractivity contribution < 1.29 is 5.11 Å². The molecule has 0 atom stereocenters. The third-order valence-corrected chi connectivity index (χ3v) is 5.99. The van der Waals surface area contributed by atoms with Gasteiger partial charge < -0.3 is 5.11 Å². The summed E-state index contributed by atoms with van der Waals surface area (Å²) in [6.45, 7) is 1.96. The van der Waals surface area contributed by atoms with Crippen molar-refractivity contribution in [1.29, 1.82) is 0 Å². The van der Waals surface area contributed by atoms with E-state index >= 15 is 0 Å². The topological polar surface area (TPSA) is 98.3 Å². The lowest BCUT2D eigenvalue weighted by Gasteiger charge is -2.10. The van der Waals surface area contributed by atoms with E-state index in [1.54, 1.807) is 12.1 Å². The van der Waals surface area contributed by atoms with Crippen LogP contribution in [0.25, 0.3) is 11.1 Å². The van der Waals surface area contributed by atoms with Crippen LogP contribution in [0.5, 0.6) is 5.88 Å². The zero-order valence-electron chi connectivity index (χ0n) is 18.7. The molecule has 1 aromatic heterocycles. The van der Waals surface area contributed by atoms with E-state index in [0.29, 0.717) is 16.2 Å². The summed E-state index contributed by atoms with van der Waals surface area (Å²) in [5.74, 6) is -0.504. The van der Waals surface area contributed by atoms with E-state index < -0.39 is 17.1 Å². The van der Waals surface area contributed by atoms with Crippen molar-refractivity contribution in [3.05, 3.63) is 139 Å². The first kappa shape index (κ1) is 22.4. The van der Waals surface area contributed by atoms with Gasteiger partial charge in [-0.05, 0) is 36.3 Å². The van der Waals surface area contributed by atoms with Gasteiger partial charge in [0.25, 0.3) is 5.56 Å². The SMILES string of the molecule is Cc1ccc(C(=CC=C2C(c3ccccc3)=Nc3ccc(Cl)cc32)c2c(O)[nH]c(=O)[nH]c2=O)cc1. The second-order valence-corrected chi connectivity index (χ2v) is 8.58. The quantitative estimate of drug-likeness (QED) is 0.365. The summed E-state index contributed by atoms with van der Waals surface area (Å²) in [6, 6.07) is 22.8. The summed E-state index contributed by atoms with van der Waals surface area (Å²) in [7, 11) is 0. The normalized spacial score (nSPS) is 14.2. The van der Waals surface area contributed by atoms with Crippen LogP contribution in [0.4, 0.5) is 5.69 Å². The fraction of sp³-hybridized carbons (Fsp3) is 0.0357. The highest BCUT2D eigenvalue weighted by Crippen LogP contribution is 2.39. The number of nitrogens with one attached hydrogen (secondary N) is 2. The Labute approximate surface area is 205 Å². The third-order valence-electron chi connectivity index (χ3n) is 5.75. The van der Waals surface area contributed by atoms with Crippen molar-refractivity contribution in [2.24, 2.45) is 4.99 Å². The molecule has 0 spiro atoms. The number of hydrogen-bond donors (Lipinski definition) is 3. The van der Waals surface area contributed by atoms with Crippen LogP contribution in [0.15, 0.2) is 99.5 Å². The molecule has 5 rings (SSSR count). The average molecular weight is 482 g/mol. The maximum Gasteiger partial charge on any atom is 0.328 e. The largest absolute Gasteiger partial charge is 0.494 e. The number of benzene rings is 3. The lowest BCUT2D eigenvalue weighted by Crippen LogP contribution is -2.24. The number of rotatable bonds is 4. The number of aromatic amines is 2. The van der Waals surface area contributed by atoms with Crippen molar-refractivity contribution in [3.63, 3.8) is 0 Å². The molecule has 4 aromatic rings. The molecule has 1 aliphatic heterocycles. The first-order chi connectivity index (χ1) is 16.9. The fourth-order valence-corrected chi connectivity index (χ4v) is 4.23. The van der Waals surface area contributed by atoms with Crippen LogP contribution >= 0.6 is 11.6 Å². The predicted molar refractivity (Wildman–Crippen MR) is 140 cm³/mol. The number of hydrogen-bond acceptors (Lipinski definition) is 4. The summed E-state index contributed by atoms with van der Waals surface area (Å²) in [6.07, 6.45) is 3.60. The Kier molecular flexibility index (Phi) is 5.81. The summed E-state index contributed by atoms with van der Waals surface area (Å²) in [5.41, 5.74) is 4.83. The van der Waals surface area contributed by atoms with E-state index in [4.69, 9.17) is 16.6 Å². The van der Waals surface area contributed by atoms with Gasteiger partial charge >= 0.3 is 5.69 Å². The molecule has 0 bridgehead atoms. The number of aryl methyl sites for hydroxylation is 1. The number of H-pyrrole nitrogens is 2. The van der Waals surface area contributed by atoms with Gasteiger partial charge in [-0.1, -0.05) is 83.9 Å². The van der Waals surface area contributed by atoms with Crippen LogP contribution in [-0.4, -0.2) is 20.8 Å². The molecule has 3 aromatic carbocycles. The molecule has 0 fully saturated rings. The van der Waals surface area contributed by atoms with Crippen LogP contribution in [0.2, 0.25) is 5.02 Å². The summed E-state index contributed by atoms with van der Waals surface area (Å²) in [5, 5.41) is 11.1. The molecule has 0 aliphatic carbocycles. The number of aromatic nitrogens is 2. The molecule has 0 saturated heterocycles. The summed E-state index contributed by atoms with van der Waals surface area (Å²) in [4.78, 5) is 33.7. The fourth-order valence-electron chi connectivity index (χ4n) is 4.06. The second kappa shape index (κ2) is 9.08. The van der Waals surface area contributed by atoms with Gasteiger partial charge in [-0.15, -0.1) is 0 Å². The van der Waals surface area contributed by atoms with Gasteiger partial charge in [-0.3, -0.25) is 14.8 Å². The van der Waals surface area contributed by atoms with Crippen LogP contribution in [0.3, 0.4) is 0 Å². The predicted octanol–water partition coefficient (Wildman–Crippen LogP) is 5.38. The van der Waals surface area contributed by atoms with Crippen molar-refractivity contribution in [3.8, 4) is 5.88 Å². The van der Waals surface area contributed by atoms with Gasteiger partial charge in [-0.25, -0.2) is 9.79 Å². The van der Waals surface area contributed by atoms with E-state index in [9.17, 15) is 14.7 Å². The van der Waals surface area contributed by atoms with Crippen molar-refractivity contribution in [2.45, 2.75) is 6.92 Å². The van der Waals surface area contributed by atoms with Gasteiger partial charge in [0.1, 0.15) is 5.56 Å². The first-order valence-electron chi connectivity index (χ1n) is 10.9. The number of halogens is 1. The molecule has 35 heavy (non-hydrogen) atoms. The number of fused-ring (bicyclic) bond motifs is 1. The highest BCUT2D eigenvalue weighted by Gasteiger charge is 2.23. The molecule has 0 amide bonds. The number of aromatic hydroxyl groups is 1. The maximum absolute atomic E-state index is 12.7. The first-order valence-corrected chi connectivity index (χ1v) is 11.3. The zero-order chi connectivity index (χ0) is 24.5. The minimum absolute atomic E-state index is 0.0344. The van der Waals surface area contributed by atoms with Gasteiger partial charge in [-0.2, -0.15) is 0 Å². The Morgan fingerprint density at radius 3 is 2.43 bits per heavy atom. The Bertz CT molecular complexity index is 1640. The average Bonchev–Trinajstić information content (AvgIpc) is 3.19. The van der Waals surface area contributed by atoms with Crippen LogP contribution < -0.4 is 11.2 Å². The second-order valence-electron chi connectivity index (χ2n) is 8.15. The Balaban J connectivity index is 1.75. The minimum atomic E-state index is -0.782. The lowest BCUT2D eigenvalue weighted by molar-refractivity contribution is 0.446. The lowest BCUT2D eigenvalue weighted by atomic mass is 9.94. The van der Waals surface area contributed by atoms with E-state index in [1.165, 1.54) is 0 Å². The number of nitrogens with zero attached hydrogens (tertiary/aromatic N) is 1. The van der Waals surface area contributed by atoms with E-state index in [0.717, 1.165) is 33.7 Å². The Morgan fingerprint density at radius 2 is 1.71 bits per heavy atom. The Hall–Kier alpha value is -4.42. The third kappa shape index (κ3) is 4.39. The monoisotopic (exact) mass is 481 g/mol. The molecule has 7 heteroatoms. The molecule has 0 unspecified atom stereocenters. The number of aliphatic imine (C=N–C) groups is 1. The van der Waals surface area contributed by atoms with Gasteiger partial charge in [0.05, 0.1) is 11.4 Å². The molecule has 172 valence electrons. The molecular formula is C28H20ClN3O3. The minimum Gasteiger partial charge on any atom is -0.494 e. The highest BCUT2D eigenvalue weighted by atomic mass is 35.5.